The summed E-state index contributed by atoms with van der Waals surface area (Å²) in [7, 11) is 3.67. The quantitative estimate of drug-likeness (QED) is 0.611. The van der Waals surface area contributed by atoms with Gasteiger partial charge in [0, 0.05) is 31.2 Å². The van der Waals surface area contributed by atoms with Gasteiger partial charge in [-0.15, -0.1) is 0 Å². The second-order valence-corrected chi connectivity index (χ2v) is 2.56. The highest BCUT2D eigenvalue weighted by Gasteiger charge is 1.97. The van der Waals surface area contributed by atoms with E-state index in [1.54, 1.807) is 0 Å². The third kappa shape index (κ3) is 2.37. The van der Waals surface area contributed by atoms with Crippen molar-refractivity contribution in [2.75, 3.05) is 30.0 Å². The van der Waals surface area contributed by atoms with E-state index in [-0.39, 0.29) is 0 Å². The molecule has 0 heterocycles. The average Bonchev–Trinajstić information content (AvgIpc) is 2.17. The first kappa shape index (κ1) is 9.38. The molecule has 70 valence electrons. The van der Waals surface area contributed by atoms with E-state index in [0.29, 0.717) is 6.41 Å². The van der Waals surface area contributed by atoms with Crippen molar-refractivity contribution < 1.29 is 4.79 Å². The number of carbonyl (C=O) groups excluding carboxylic acids is 1. The van der Waals surface area contributed by atoms with Crippen LogP contribution < -0.4 is 16.0 Å². The Kier molecular flexibility index (Phi) is 3.14. The first-order valence-electron chi connectivity index (χ1n) is 4.01. The minimum atomic E-state index is 0.661. The Balaban J connectivity index is 2.99. The van der Waals surface area contributed by atoms with Gasteiger partial charge in [-0.3, -0.25) is 4.79 Å². The van der Waals surface area contributed by atoms with Gasteiger partial charge in [0.25, 0.3) is 0 Å². The maximum atomic E-state index is 10.2. The number of hydrogen-bond donors (Lipinski definition) is 3. The van der Waals surface area contributed by atoms with Gasteiger partial charge in [-0.1, -0.05) is 0 Å². The van der Waals surface area contributed by atoms with Gasteiger partial charge in [0.2, 0.25) is 6.41 Å². The molecule has 0 aliphatic heterocycles. The van der Waals surface area contributed by atoms with Crippen LogP contribution in [0.3, 0.4) is 0 Å². The number of anilines is 3. The van der Waals surface area contributed by atoms with Crippen molar-refractivity contribution in [1.82, 2.24) is 0 Å². The normalized spacial score (nSPS) is 9.08. The highest BCUT2D eigenvalue weighted by Crippen LogP contribution is 2.21. The van der Waals surface area contributed by atoms with E-state index in [0.717, 1.165) is 17.1 Å². The second-order valence-electron chi connectivity index (χ2n) is 2.56. The van der Waals surface area contributed by atoms with Crippen molar-refractivity contribution in [2.24, 2.45) is 0 Å². The molecule has 0 aliphatic rings. The van der Waals surface area contributed by atoms with Crippen LogP contribution in [0.1, 0.15) is 0 Å². The number of nitrogens with one attached hydrogen (secondary N) is 3. The zero-order valence-corrected chi connectivity index (χ0v) is 7.72. The molecule has 0 fully saturated rings. The van der Waals surface area contributed by atoms with Crippen LogP contribution in [0, 0.1) is 0 Å². The molecule has 0 aliphatic carbocycles. The number of amides is 1. The zero-order chi connectivity index (χ0) is 9.68. The molecule has 1 aromatic carbocycles. The number of rotatable bonds is 4. The Hall–Kier alpha value is -1.71. The Morgan fingerprint density at radius 3 is 1.85 bits per heavy atom. The van der Waals surface area contributed by atoms with E-state index < -0.39 is 0 Å². The summed E-state index contributed by atoms with van der Waals surface area (Å²) in [5.74, 6) is 0. The molecule has 0 saturated carbocycles. The van der Waals surface area contributed by atoms with E-state index in [1.807, 2.05) is 32.3 Å². The number of benzene rings is 1. The first-order chi connectivity index (χ1) is 6.30. The van der Waals surface area contributed by atoms with Gasteiger partial charge in [-0.05, 0) is 18.2 Å². The van der Waals surface area contributed by atoms with E-state index in [4.69, 9.17) is 0 Å². The maximum Gasteiger partial charge on any atom is 0.211 e. The number of carbonyl (C=O) groups is 1. The van der Waals surface area contributed by atoms with Crippen LogP contribution in [0.2, 0.25) is 0 Å². The Bertz CT molecular complexity index is 277. The third-order valence-electron chi connectivity index (χ3n) is 1.74. The lowest BCUT2D eigenvalue weighted by molar-refractivity contribution is -0.105. The van der Waals surface area contributed by atoms with Crippen molar-refractivity contribution in [3.05, 3.63) is 18.2 Å². The molecular formula is C9H13N3O. The van der Waals surface area contributed by atoms with E-state index >= 15 is 0 Å². The Morgan fingerprint density at radius 1 is 1.00 bits per heavy atom. The van der Waals surface area contributed by atoms with Crippen molar-refractivity contribution in [3.8, 4) is 0 Å². The summed E-state index contributed by atoms with van der Waals surface area (Å²) in [5, 5.41) is 8.61. The summed E-state index contributed by atoms with van der Waals surface area (Å²) in [6.07, 6.45) is 0.661. The lowest BCUT2D eigenvalue weighted by atomic mass is 10.2. The van der Waals surface area contributed by atoms with Gasteiger partial charge in [-0.25, -0.2) is 0 Å². The minimum absolute atomic E-state index is 0.661. The van der Waals surface area contributed by atoms with Crippen molar-refractivity contribution in [2.45, 2.75) is 0 Å². The van der Waals surface area contributed by atoms with Crippen molar-refractivity contribution >= 4 is 23.5 Å². The van der Waals surface area contributed by atoms with Gasteiger partial charge in [0.05, 0.1) is 0 Å². The molecule has 4 nitrogen and oxygen atoms in total. The molecule has 0 atom stereocenters. The summed E-state index contributed by atoms with van der Waals surface area (Å²) < 4.78 is 0. The lowest BCUT2D eigenvalue weighted by Gasteiger charge is -2.07. The van der Waals surface area contributed by atoms with Crippen LogP contribution in [0.4, 0.5) is 17.1 Å². The third-order valence-corrected chi connectivity index (χ3v) is 1.74. The minimum Gasteiger partial charge on any atom is -0.388 e. The molecule has 0 aromatic heterocycles. The van der Waals surface area contributed by atoms with Crippen LogP contribution in [0.25, 0.3) is 0 Å². The summed E-state index contributed by atoms with van der Waals surface area (Å²) >= 11 is 0. The van der Waals surface area contributed by atoms with Gasteiger partial charge in [0.1, 0.15) is 0 Å². The summed E-state index contributed by atoms with van der Waals surface area (Å²) in [6.45, 7) is 0. The summed E-state index contributed by atoms with van der Waals surface area (Å²) in [4.78, 5) is 10.2. The molecule has 0 unspecified atom stereocenters. The van der Waals surface area contributed by atoms with Crippen LogP contribution in [0.15, 0.2) is 18.2 Å². The van der Waals surface area contributed by atoms with Gasteiger partial charge in [0.15, 0.2) is 0 Å². The van der Waals surface area contributed by atoms with Crippen molar-refractivity contribution in [1.29, 1.82) is 0 Å². The molecule has 0 spiro atoms. The molecule has 4 heteroatoms. The van der Waals surface area contributed by atoms with Crippen LogP contribution in [-0.4, -0.2) is 20.5 Å². The van der Waals surface area contributed by atoms with Crippen molar-refractivity contribution in [3.63, 3.8) is 0 Å². The second kappa shape index (κ2) is 4.35. The molecule has 0 saturated heterocycles. The predicted octanol–water partition coefficient (Wildman–Crippen LogP) is 1.34. The fraction of sp³-hybridized carbons (Fsp3) is 0.222. The SMILES string of the molecule is CNc1cc(NC)cc(NC=O)c1. The Morgan fingerprint density at radius 2 is 1.46 bits per heavy atom. The Labute approximate surface area is 77.3 Å². The highest BCUT2D eigenvalue weighted by atomic mass is 16.1. The summed E-state index contributed by atoms with van der Waals surface area (Å²) in [5.41, 5.74) is 2.68. The zero-order valence-electron chi connectivity index (χ0n) is 7.72. The van der Waals surface area contributed by atoms with Gasteiger partial charge < -0.3 is 16.0 Å². The van der Waals surface area contributed by atoms with Gasteiger partial charge in [-0.2, -0.15) is 0 Å². The molecule has 3 N–H and O–H groups in total. The smallest absolute Gasteiger partial charge is 0.211 e. The maximum absolute atomic E-state index is 10.2. The van der Waals surface area contributed by atoms with Crippen LogP contribution >= 0.6 is 0 Å². The monoisotopic (exact) mass is 179 g/mol. The van der Waals surface area contributed by atoms with Gasteiger partial charge >= 0.3 is 0 Å². The topological polar surface area (TPSA) is 53.2 Å². The number of hydrogen-bond acceptors (Lipinski definition) is 3. The predicted molar refractivity (Wildman–Crippen MR) is 55.2 cm³/mol. The van der Waals surface area contributed by atoms with E-state index in [1.165, 1.54) is 0 Å². The lowest BCUT2D eigenvalue weighted by Crippen LogP contribution is -1.98. The molecule has 1 aromatic rings. The largest absolute Gasteiger partial charge is 0.388 e. The first-order valence-corrected chi connectivity index (χ1v) is 4.01. The van der Waals surface area contributed by atoms with Crippen LogP contribution in [-0.2, 0) is 4.79 Å². The molecule has 13 heavy (non-hydrogen) atoms. The standard InChI is InChI=1S/C9H13N3O/c1-10-7-3-8(11-2)5-9(4-7)12-6-13/h3-6,10-11H,1-2H3,(H,12,13). The molecule has 0 radical (unpaired) electrons. The molecule has 0 bridgehead atoms. The molecular weight excluding hydrogens is 166 g/mol. The van der Waals surface area contributed by atoms with Crippen LogP contribution in [0.5, 0.6) is 0 Å². The average molecular weight is 179 g/mol. The molecule has 1 rings (SSSR count). The highest BCUT2D eigenvalue weighted by molar-refractivity contribution is 5.76. The fourth-order valence-corrected chi connectivity index (χ4v) is 1.07. The van der Waals surface area contributed by atoms with E-state index in [9.17, 15) is 4.79 Å². The fourth-order valence-electron chi connectivity index (χ4n) is 1.07. The molecule has 1 amide bonds. The van der Waals surface area contributed by atoms with E-state index in [2.05, 4.69) is 16.0 Å². The summed E-state index contributed by atoms with van der Waals surface area (Å²) in [6, 6.07) is 5.67.